The van der Waals surface area contributed by atoms with E-state index >= 15 is 0 Å². The Balaban J connectivity index is 1.80. The van der Waals surface area contributed by atoms with Crippen LogP contribution in [0.25, 0.3) is 0 Å². The van der Waals surface area contributed by atoms with Crippen LogP contribution in [0, 0.1) is 0 Å². The van der Waals surface area contributed by atoms with Crippen LogP contribution in [0.15, 0.2) is 60.1 Å². The Bertz CT molecular complexity index is 918. The molecule has 0 saturated heterocycles. The summed E-state index contributed by atoms with van der Waals surface area (Å²) in [4.78, 5) is 27.6. The maximum absolute atomic E-state index is 12.5. The molecule has 0 aromatic heterocycles. The van der Waals surface area contributed by atoms with E-state index in [0.717, 1.165) is 37.7 Å². The topological polar surface area (TPSA) is 74.2 Å². The van der Waals surface area contributed by atoms with Gasteiger partial charge in [0.25, 0.3) is 0 Å². The molecule has 0 unspecified atom stereocenters. The van der Waals surface area contributed by atoms with E-state index in [-0.39, 0.29) is 5.78 Å². The van der Waals surface area contributed by atoms with E-state index in [4.69, 9.17) is 14.2 Å². The Morgan fingerprint density at radius 1 is 0.969 bits per heavy atom. The van der Waals surface area contributed by atoms with Gasteiger partial charge in [0.2, 0.25) is 0 Å². The molecule has 0 aliphatic rings. The van der Waals surface area contributed by atoms with Crippen molar-refractivity contribution in [3.05, 3.63) is 66.2 Å². The fourth-order valence-electron chi connectivity index (χ4n) is 3.07. The largest absolute Gasteiger partial charge is 0.493 e. The lowest BCUT2D eigenvalue weighted by molar-refractivity contribution is -0.114. The van der Waals surface area contributed by atoms with Gasteiger partial charge >= 0.3 is 5.97 Å². The van der Waals surface area contributed by atoms with Crippen molar-refractivity contribution in [2.75, 3.05) is 20.8 Å². The lowest BCUT2D eigenvalue weighted by Crippen LogP contribution is -2.09. The van der Waals surface area contributed by atoms with Gasteiger partial charge in [-0.25, -0.2) is 4.79 Å². The molecule has 2 aromatic rings. The van der Waals surface area contributed by atoms with Crippen LogP contribution in [-0.4, -0.2) is 38.7 Å². The fraction of sp³-hybridized carbons (Fsp3) is 0.346. The second-order valence-electron chi connectivity index (χ2n) is 7.25. The number of methoxy groups -OCH3 is 1. The van der Waals surface area contributed by atoms with Crippen molar-refractivity contribution in [3.63, 3.8) is 0 Å². The molecule has 0 saturated carbocycles. The molecular weight excluding hydrogens is 406 g/mol. The van der Waals surface area contributed by atoms with Gasteiger partial charge in [-0.15, -0.1) is 0 Å². The number of allylic oxidation sites excluding steroid dienone is 1. The first kappa shape index (κ1) is 24.9. The highest BCUT2D eigenvalue weighted by Crippen LogP contribution is 2.29. The number of ketones is 1. The number of esters is 1. The van der Waals surface area contributed by atoms with E-state index in [1.165, 1.54) is 13.2 Å². The number of nitrogens with zero attached hydrogens (tertiary/aromatic N) is 1. The van der Waals surface area contributed by atoms with E-state index in [9.17, 15) is 9.59 Å². The zero-order chi connectivity index (χ0) is 23.2. The smallest absolute Gasteiger partial charge is 0.343 e. The van der Waals surface area contributed by atoms with Crippen molar-refractivity contribution >= 4 is 18.0 Å². The van der Waals surface area contributed by atoms with E-state index in [0.29, 0.717) is 35.8 Å². The molecule has 0 aliphatic carbocycles. The van der Waals surface area contributed by atoms with Crippen molar-refractivity contribution < 1.29 is 23.8 Å². The number of carbonyl (C=O) groups is 2. The molecule has 0 N–H and O–H groups in total. The Kier molecular flexibility index (Phi) is 10.7. The molecule has 0 amide bonds. The van der Waals surface area contributed by atoms with Crippen LogP contribution < -0.4 is 14.2 Å². The lowest BCUT2D eigenvalue weighted by Gasteiger charge is -2.12. The molecule has 0 bridgehead atoms. The molecule has 6 heteroatoms. The summed E-state index contributed by atoms with van der Waals surface area (Å²) >= 11 is 0. The fourth-order valence-corrected chi connectivity index (χ4v) is 3.07. The maximum atomic E-state index is 12.5. The van der Waals surface area contributed by atoms with Crippen LogP contribution in [0.2, 0.25) is 0 Å². The molecule has 0 spiro atoms. The summed E-state index contributed by atoms with van der Waals surface area (Å²) in [6.45, 7) is 4.03. The van der Waals surface area contributed by atoms with Crippen LogP contribution in [0.5, 0.6) is 17.2 Å². The number of carbonyl (C=O) groups excluding carboxylic acids is 2. The third-order valence-corrected chi connectivity index (χ3v) is 4.82. The Morgan fingerprint density at radius 3 is 2.38 bits per heavy atom. The molecule has 170 valence electrons. The number of unbranched alkanes of at least 4 members (excludes halogenated alkanes) is 4. The number of hydrogen-bond donors (Lipinski definition) is 0. The summed E-state index contributed by atoms with van der Waals surface area (Å²) in [5, 5.41) is 0. The zero-order valence-corrected chi connectivity index (χ0v) is 18.8. The van der Waals surface area contributed by atoms with E-state index in [1.807, 2.05) is 12.1 Å². The first-order chi connectivity index (χ1) is 15.6. The Hall–Kier alpha value is -3.41. The van der Waals surface area contributed by atoms with E-state index in [1.54, 1.807) is 43.6 Å². The van der Waals surface area contributed by atoms with Crippen molar-refractivity contribution in [2.24, 2.45) is 4.99 Å². The molecule has 32 heavy (non-hydrogen) atoms. The second kappa shape index (κ2) is 13.8. The molecule has 2 aromatic carbocycles. The summed E-state index contributed by atoms with van der Waals surface area (Å²) in [5.41, 5.74) is 1.31. The molecule has 0 aliphatic heterocycles. The van der Waals surface area contributed by atoms with Crippen LogP contribution >= 0.6 is 0 Å². The minimum atomic E-state index is -0.471. The van der Waals surface area contributed by atoms with Crippen LogP contribution in [-0.2, 0) is 4.79 Å². The summed E-state index contributed by atoms with van der Waals surface area (Å²) in [7, 11) is 3.24. The molecule has 0 fully saturated rings. The van der Waals surface area contributed by atoms with Crippen LogP contribution in [0.1, 0.15) is 54.4 Å². The van der Waals surface area contributed by atoms with Crippen LogP contribution in [0.4, 0.5) is 0 Å². The van der Waals surface area contributed by atoms with Crippen molar-refractivity contribution in [1.29, 1.82) is 0 Å². The first-order valence-electron chi connectivity index (χ1n) is 10.8. The quantitative estimate of drug-likeness (QED) is 0.129. The van der Waals surface area contributed by atoms with Crippen LogP contribution in [0.3, 0.4) is 0 Å². The van der Waals surface area contributed by atoms with Gasteiger partial charge in [0.1, 0.15) is 5.75 Å². The van der Waals surface area contributed by atoms with Gasteiger partial charge in [0.15, 0.2) is 17.3 Å². The first-order valence-corrected chi connectivity index (χ1v) is 10.8. The maximum Gasteiger partial charge on any atom is 0.343 e. The second-order valence-corrected chi connectivity index (χ2v) is 7.25. The van der Waals surface area contributed by atoms with Crippen molar-refractivity contribution in [2.45, 2.75) is 38.5 Å². The number of hydrogen-bond acceptors (Lipinski definition) is 6. The molecule has 6 nitrogen and oxygen atoms in total. The average molecular weight is 438 g/mol. The third kappa shape index (κ3) is 8.38. The highest BCUT2D eigenvalue weighted by molar-refractivity contribution is 5.92. The molecular formula is C26H31NO5. The number of aliphatic imine (C=N–C) groups is 1. The summed E-state index contributed by atoms with van der Waals surface area (Å²) < 4.78 is 16.6. The number of ether oxygens (including phenoxy) is 3. The summed E-state index contributed by atoms with van der Waals surface area (Å²) in [6.07, 6.45) is 8.59. The molecule has 0 atom stereocenters. The van der Waals surface area contributed by atoms with Gasteiger partial charge in [-0.05, 0) is 66.9 Å². The van der Waals surface area contributed by atoms with E-state index < -0.39 is 5.97 Å². The predicted octanol–water partition coefficient (Wildman–Crippen LogP) is 5.44. The highest BCUT2D eigenvalue weighted by atomic mass is 16.5. The van der Waals surface area contributed by atoms with Gasteiger partial charge in [-0.1, -0.05) is 25.8 Å². The molecule has 2 rings (SSSR count). The molecule has 0 heterocycles. The number of rotatable bonds is 14. The monoisotopic (exact) mass is 437 g/mol. The summed E-state index contributed by atoms with van der Waals surface area (Å²) in [5.74, 6) is 1.16. The summed E-state index contributed by atoms with van der Waals surface area (Å²) in [6, 6.07) is 12.1. The lowest BCUT2D eigenvalue weighted by atomic mass is 10.1. The molecule has 0 radical (unpaired) electrons. The highest BCUT2D eigenvalue weighted by Gasteiger charge is 2.13. The van der Waals surface area contributed by atoms with Gasteiger partial charge in [0, 0.05) is 19.7 Å². The van der Waals surface area contributed by atoms with Gasteiger partial charge < -0.3 is 14.2 Å². The van der Waals surface area contributed by atoms with Crippen molar-refractivity contribution in [3.8, 4) is 17.2 Å². The van der Waals surface area contributed by atoms with Crippen molar-refractivity contribution in [1.82, 2.24) is 0 Å². The third-order valence-electron chi connectivity index (χ3n) is 4.82. The normalized spacial score (nSPS) is 10.7. The number of benzene rings is 2. The standard InChI is InChI=1S/C26H31NO5/c1-4-22(28)10-8-6-5-7-9-17-31-24-16-13-21(18-25(24)30-3)26(29)32-23-14-11-20(12-15-23)19-27-2/h4,11-16,18-19H,1,5-10,17H2,2-3H3. The van der Waals surface area contributed by atoms with Gasteiger partial charge in [0.05, 0.1) is 19.3 Å². The Morgan fingerprint density at radius 2 is 1.69 bits per heavy atom. The van der Waals surface area contributed by atoms with E-state index in [2.05, 4.69) is 11.6 Å². The Labute approximate surface area is 189 Å². The zero-order valence-electron chi connectivity index (χ0n) is 18.8. The minimum Gasteiger partial charge on any atom is -0.493 e. The SMILES string of the molecule is C=CC(=O)CCCCCCCOc1ccc(C(=O)Oc2ccc(C=NC)cc2)cc1OC. The van der Waals surface area contributed by atoms with Gasteiger partial charge in [-0.2, -0.15) is 0 Å². The predicted molar refractivity (Wildman–Crippen MR) is 126 cm³/mol. The average Bonchev–Trinajstić information content (AvgIpc) is 2.81. The minimum absolute atomic E-state index is 0.104. The van der Waals surface area contributed by atoms with Gasteiger partial charge in [-0.3, -0.25) is 9.79 Å².